The number of oxime groups is 1. The van der Waals surface area contributed by atoms with E-state index in [0.717, 1.165) is 9.79 Å². The van der Waals surface area contributed by atoms with Crippen LogP contribution in [-0.4, -0.2) is 16.0 Å². The number of hydrogen-bond acceptors (Lipinski definition) is 4. The molecule has 1 aromatic heterocycles. The van der Waals surface area contributed by atoms with Gasteiger partial charge in [-0.15, -0.1) is 0 Å². The van der Waals surface area contributed by atoms with E-state index < -0.39 is 0 Å². The third-order valence-corrected chi connectivity index (χ3v) is 3.38. The molecule has 18 heavy (non-hydrogen) atoms. The lowest BCUT2D eigenvalue weighted by Crippen LogP contribution is -2.15. The Morgan fingerprint density at radius 2 is 2.17 bits per heavy atom. The summed E-state index contributed by atoms with van der Waals surface area (Å²) in [5.74, 6) is 0.0192. The number of hydrogen-bond donors (Lipinski definition) is 2. The second-order valence-electron chi connectivity index (χ2n) is 3.75. The molecule has 0 fully saturated rings. The summed E-state index contributed by atoms with van der Waals surface area (Å²) in [5.41, 5.74) is 7.28. The van der Waals surface area contributed by atoms with Crippen LogP contribution in [0.4, 0.5) is 0 Å². The highest BCUT2D eigenvalue weighted by atomic mass is 32.2. The Hall–Kier alpha value is -2.01. The van der Waals surface area contributed by atoms with Crippen molar-refractivity contribution in [2.75, 3.05) is 0 Å². The molecule has 0 amide bonds. The molecular weight excluding hydrogens is 246 g/mol. The van der Waals surface area contributed by atoms with Crippen molar-refractivity contribution in [3.8, 4) is 0 Å². The largest absolute Gasteiger partial charge is 0.409 e. The molecule has 0 bridgehead atoms. The first-order chi connectivity index (χ1) is 8.70. The van der Waals surface area contributed by atoms with Gasteiger partial charge in [0.15, 0.2) is 5.84 Å². The maximum atomic E-state index is 8.74. The summed E-state index contributed by atoms with van der Waals surface area (Å²) >= 11 is 1.54. The molecule has 92 valence electrons. The Labute approximate surface area is 110 Å². The molecule has 0 saturated heterocycles. The van der Waals surface area contributed by atoms with E-state index in [9.17, 15) is 0 Å². The molecule has 0 aliphatic rings. The number of nitrogens with zero attached hydrogens (tertiary/aromatic N) is 2. The maximum Gasteiger partial charge on any atom is 0.189 e. The van der Waals surface area contributed by atoms with Crippen LogP contribution in [0.15, 0.2) is 57.5 Å². The predicted octanol–water partition coefficient (Wildman–Crippen LogP) is 2.64. The first-order valence-corrected chi connectivity index (χ1v) is 6.20. The average molecular weight is 259 g/mol. The molecule has 1 heterocycles. The van der Waals surface area contributed by atoms with Gasteiger partial charge in [0.2, 0.25) is 0 Å². The first kappa shape index (κ1) is 12.4. The molecule has 5 heteroatoms. The summed E-state index contributed by atoms with van der Waals surface area (Å²) in [5, 5.41) is 11.7. The fourth-order valence-corrected chi connectivity index (χ4v) is 2.56. The van der Waals surface area contributed by atoms with Crippen molar-refractivity contribution in [1.82, 2.24) is 4.98 Å². The minimum atomic E-state index is 0.0192. The van der Waals surface area contributed by atoms with Crippen LogP contribution in [0.1, 0.15) is 11.3 Å². The van der Waals surface area contributed by atoms with Crippen molar-refractivity contribution in [3.05, 3.63) is 53.9 Å². The van der Waals surface area contributed by atoms with Gasteiger partial charge < -0.3 is 10.9 Å². The Morgan fingerprint density at radius 3 is 2.89 bits per heavy atom. The van der Waals surface area contributed by atoms with Gasteiger partial charge in [0.05, 0.1) is 0 Å². The monoisotopic (exact) mass is 259 g/mol. The number of aromatic nitrogens is 1. The summed E-state index contributed by atoms with van der Waals surface area (Å²) in [4.78, 5) is 6.08. The molecule has 0 saturated carbocycles. The summed E-state index contributed by atoms with van der Waals surface area (Å²) in [6.07, 6.45) is 1.62. The standard InChI is InChI=1S/C13H13N3OS/c1-9-4-2-5-10(8-9)18-11-6-3-7-15-12(11)13(14)16-17/h2-8,17H,1H3,(H2,14,16). The smallest absolute Gasteiger partial charge is 0.189 e. The van der Waals surface area contributed by atoms with E-state index in [1.165, 1.54) is 17.3 Å². The topological polar surface area (TPSA) is 71.5 Å². The lowest BCUT2D eigenvalue weighted by atomic mass is 10.2. The quantitative estimate of drug-likeness (QED) is 0.385. The highest BCUT2D eigenvalue weighted by Gasteiger charge is 2.09. The number of nitrogens with two attached hydrogens (primary N) is 1. The van der Waals surface area contributed by atoms with Gasteiger partial charge in [0.1, 0.15) is 5.69 Å². The van der Waals surface area contributed by atoms with Gasteiger partial charge in [0.25, 0.3) is 0 Å². The van der Waals surface area contributed by atoms with Crippen molar-refractivity contribution in [2.24, 2.45) is 10.9 Å². The number of aryl methyl sites for hydroxylation is 1. The third-order valence-electron chi connectivity index (χ3n) is 2.34. The predicted molar refractivity (Wildman–Crippen MR) is 72.0 cm³/mol. The van der Waals surface area contributed by atoms with Crippen molar-refractivity contribution >= 4 is 17.6 Å². The molecule has 0 radical (unpaired) electrons. The van der Waals surface area contributed by atoms with Crippen LogP contribution in [0.3, 0.4) is 0 Å². The Bertz CT molecular complexity index is 584. The second kappa shape index (κ2) is 5.55. The van der Waals surface area contributed by atoms with E-state index in [1.807, 2.05) is 37.3 Å². The molecule has 0 unspecified atom stereocenters. The lowest BCUT2D eigenvalue weighted by Gasteiger charge is -2.07. The van der Waals surface area contributed by atoms with Crippen molar-refractivity contribution < 1.29 is 5.21 Å². The van der Waals surface area contributed by atoms with E-state index in [1.54, 1.807) is 6.20 Å². The number of benzene rings is 1. The molecule has 1 aromatic carbocycles. The minimum absolute atomic E-state index is 0.0192. The number of amidine groups is 1. The molecule has 2 aromatic rings. The SMILES string of the molecule is Cc1cccc(Sc2cccnc2/C(N)=N/O)c1. The second-order valence-corrected chi connectivity index (χ2v) is 4.87. The van der Waals surface area contributed by atoms with Gasteiger partial charge >= 0.3 is 0 Å². The highest BCUT2D eigenvalue weighted by molar-refractivity contribution is 7.99. The van der Waals surface area contributed by atoms with Crippen LogP contribution in [-0.2, 0) is 0 Å². The summed E-state index contributed by atoms with van der Waals surface area (Å²) < 4.78 is 0. The molecule has 4 nitrogen and oxygen atoms in total. The molecule has 3 N–H and O–H groups in total. The minimum Gasteiger partial charge on any atom is -0.409 e. The van der Waals surface area contributed by atoms with E-state index in [2.05, 4.69) is 16.2 Å². The fraction of sp³-hybridized carbons (Fsp3) is 0.0769. The Balaban J connectivity index is 2.35. The van der Waals surface area contributed by atoms with Crippen molar-refractivity contribution in [3.63, 3.8) is 0 Å². The first-order valence-electron chi connectivity index (χ1n) is 5.38. The summed E-state index contributed by atoms with van der Waals surface area (Å²) in [6, 6.07) is 11.9. The van der Waals surface area contributed by atoms with Gasteiger partial charge in [-0.3, -0.25) is 4.98 Å². The maximum absolute atomic E-state index is 8.74. The molecular formula is C13H13N3OS. The number of rotatable bonds is 3. The molecule has 2 rings (SSSR count). The number of pyridine rings is 1. The van der Waals surface area contributed by atoms with Gasteiger partial charge in [-0.1, -0.05) is 34.6 Å². The van der Waals surface area contributed by atoms with Gasteiger partial charge in [-0.05, 0) is 31.2 Å². The zero-order valence-corrected chi connectivity index (χ0v) is 10.7. The van der Waals surface area contributed by atoms with Crippen LogP contribution < -0.4 is 5.73 Å². The molecule has 0 atom stereocenters. The molecule has 0 spiro atoms. The normalized spacial score (nSPS) is 11.5. The van der Waals surface area contributed by atoms with Gasteiger partial charge in [-0.2, -0.15) is 0 Å². The van der Waals surface area contributed by atoms with Crippen LogP contribution >= 0.6 is 11.8 Å². The lowest BCUT2D eigenvalue weighted by molar-refractivity contribution is 0.318. The van der Waals surface area contributed by atoms with E-state index in [0.29, 0.717) is 5.69 Å². The Kier molecular flexibility index (Phi) is 3.84. The molecule has 0 aliphatic carbocycles. The average Bonchev–Trinajstić information content (AvgIpc) is 2.38. The highest BCUT2D eigenvalue weighted by Crippen LogP contribution is 2.29. The van der Waals surface area contributed by atoms with E-state index in [4.69, 9.17) is 10.9 Å². The summed E-state index contributed by atoms with van der Waals surface area (Å²) in [7, 11) is 0. The zero-order valence-electron chi connectivity index (χ0n) is 9.87. The van der Waals surface area contributed by atoms with Gasteiger partial charge in [0, 0.05) is 16.0 Å². The van der Waals surface area contributed by atoms with Crippen LogP contribution in [0.5, 0.6) is 0 Å². The van der Waals surface area contributed by atoms with E-state index in [-0.39, 0.29) is 5.84 Å². The van der Waals surface area contributed by atoms with Crippen LogP contribution in [0, 0.1) is 6.92 Å². The summed E-state index contributed by atoms with van der Waals surface area (Å²) in [6.45, 7) is 2.04. The zero-order chi connectivity index (χ0) is 13.0. The van der Waals surface area contributed by atoms with Gasteiger partial charge in [-0.25, -0.2) is 0 Å². The van der Waals surface area contributed by atoms with Crippen molar-refractivity contribution in [1.29, 1.82) is 0 Å². The van der Waals surface area contributed by atoms with Crippen LogP contribution in [0.2, 0.25) is 0 Å². The Morgan fingerprint density at radius 1 is 1.33 bits per heavy atom. The third kappa shape index (κ3) is 2.81. The van der Waals surface area contributed by atoms with Crippen LogP contribution in [0.25, 0.3) is 0 Å². The van der Waals surface area contributed by atoms with E-state index >= 15 is 0 Å². The van der Waals surface area contributed by atoms with Crippen molar-refractivity contribution in [2.45, 2.75) is 16.7 Å². The fourth-order valence-electron chi connectivity index (χ4n) is 1.52. The molecule has 0 aliphatic heterocycles.